The molecule has 4 rings (SSSR count). The monoisotopic (exact) mass is 578 g/mol. The van der Waals surface area contributed by atoms with Crippen LogP contribution in [0.5, 0.6) is 0 Å². The highest BCUT2D eigenvalue weighted by atomic mass is 19.4. The van der Waals surface area contributed by atoms with Gasteiger partial charge in [-0.1, -0.05) is 30.3 Å². The van der Waals surface area contributed by atoms with E-state index >= 15 is 0 Å². The molecule has 0 atom stereocenters. The molecule has 0 unspecified atom stereocenters. The molecule has 0 heterocycles. The fourth-order valence-electron chi connectivity index (χ4n) is 4.25. The molecular formula is C31H29F3N4O4. The number of aromatic carboxylic acids is 2. The number of carboxylic acid groups (broad SMARTS) is 2. The molecule has 0 aliphatic rings. The third-order valence-corrected chi connectivity index (χ3v) is 6.47. The normalized spacial score (nSPS) is 11.2. The molecule has 42 heavy (non-hydrogen) atoms. The third kappa shape index (κ3) is 7.38. The van der Waals surface area contributed by atoms with E-state index in [1.807, 2.05) is 43.3 Å². The van der Waals surface area contributed by atoms with Crippen LogP contribution in [0.2, 0.25) is 0 Å². The number of hydrogen-bond donors (Lipinski definition) is 5. The molecule has 0 aromatic heterocycles. The number of halogens is 3. The van der Waals surface area contributed by atoms with E-state index in [1.165, 1.54) is 30.3 Å². The van der Waals surface area contributed by atoms with Crippen LogP contribution in [0.3, 0.4) is 0 Å². The first-order chi connectivity index (χ1) is 19.9. The Kier molecular flexibility index (Phi) is 9.02. The van der Waals surface area contributed by atoms with E-state index in [4.69, 9.17) is 0 Å². The molecule has 11 heteroatoms. The predicted octanol–water partition coefficient (Wildman–Crippen LogP) is 6.94. The van der Waals surface area contributed by atoms with Crippen LogP contribution in [0.1, 0.15) is 37.4 Å². The average Bonchev–Trinajstić information content (AvgIpc) is 2.94. The summed E-state index contributed by atoms with van der Waals surface area (Å²) >= 11 is 0. The third-order valence-electron chi connectivity index (χ3n) is 6.47. The van der Waals surface area contributed by atoms with Gasteiger partial charge in [0, 0.05) is 32.9 Å². The van der Waals surface area contributed by atoms with Crippen molar-refractivity contribution in [2.45, 2.75) is 19.3 Å². The topological polar surface area (TPSA) is 114 Å². The summed E-state index contributed by atoms with van der Waals surface area (Å²) in [6.45, 7) is 0.908. The van der Waals surface area contributed by atoms with Gasteiger partial charge in [-0.15, -0.1) is 0 Å². The van der Waals surface area contributed by atoms with Gasteiger partial charge in [-0.05, 0) is 65.7 Å². The van der Waals surface area contributed by atoms with Gasteiger partial charge >= 0.3 is 18.1 Å². The van der Waals surface area contributed by atoms with Gasteiger partial charge in [0.15, 0.2) is 0 Å². The zero-order valence-electron chi connectivity index (χ0n) is 22.8. The lowest BCUT2D eigenvalue weighted by Gasteiger charge is -2.19. The lowest BCUT2D eigenvalue weighted by Crippen LogP contribution is -2.14. The SMILES string of the molecule is CN(C)c1ccc(CNCc2ccc(Nc3cc(C(F)(F)F)ccc3Nc3ccccc3C(=O)O)c(C(=O)O)c2)cc1. The van der Waals surface area contributed by atoms with Crippen molar-refractivity contribution in [3.05, 3.63) is 113 Å². The van der Waals surface area contributed by atoms with Crippen molar-refractivity contribution < 1.29 is 33.0 Å². The van der Waals surface area contributed by atoms with Crippen LogP contribution >= 0.6 is 0 Å². The minimum atomic E-state index is -4.66. The molecule has 0 aliphatic heterocycles. The van der Waals surface area contributed by atoms with E-state index in [9.17, 15) is 33.0 Å². The number of carbonyl (C=O) groups is 2. The number of nitrogens with zero attached hydrogens (tertiary/aromatic N) is 1. The van der Waals surface area contributed by atoms with Crippen molar-refractivity contribution >= 4 is 40.4 Å². The minimum Gasteiger partial charge on any atom is -0.478 e. The maximum atomic E-state index is 13.6. The Morgan fingerprint density at radius 2 is 1.26 bits per heavy atom. The summed E-state index contributed by atoms with van der Waals surface area (Å²) in [6, 6.07) is 21.4. The first-order valence-electron chi connectivity index (χ1n) is 12.8. The predicted molar refractivity (Wildman–Crippen MR) is 156 cm³/mol. The molecule has 4 aromatic rings. The van der Waals surface area contributed by atoms with E-state index in [1.54, 1.807) is 12.1 Å². The Balaban J connectivity index is 1.59. The molecule has 0 bridgehead atoms. The van der Waals surface area contributed by atoms with Crippen molar-refractivity contribution in [1.82, 2.24) is 5.32 Å². The summed E-state index contributed by atoms with van der Waals surface area (Å²) in [4.78, 5) is 25.8. The number of carboxylic acids is 2. The standard InChI is InChI=1S/C31H29F3N4O4/c1-38(2)22-11-7-19(8-12-22)17-35-18-20-9-13-26(24(15-20)30(41)42)37-28-16-21(31(32,33)34)10-14-27(28)36-25-6-4-3-5-23(25)29(39)40/h3-16,35-37H,17-18H2,1-2H3,(H,39,40)(H,41,42). The molecule has 0 amide bonds. The van der Waals surface area contributed by atoms with E-state index in [0.29, 0.717) is 18.7 Å². The summed E-state index contributed by atoms with van der Waals surface area (Å²) in [6.07, 6.45) is -4.66. The van der Waals surface area contributed by atoms with Gasteiger partial charge in [0.1, 0.15) is 0 Å². The van der Waals surface area contributed by atoms with Crippen LogP contribution in [-0.2, 0) is 19.3 Å². The summed E-state index contributed by atoms with van der Waals surface area (Å²) < 4.78 is 40.7. The van der Waals surface area contributed by atoms with E-state index in [0.717, 1.165) is 29.4 Å². The van der Waals surface area contributed by atoms with Gasteiger partial charge in [0.05, 0.1) is 39.4 Å². The molecule has 218 valence electrons. The fourth-order valence-corrected chi connectivity index (χ4v) is 4.25. The van der Waals surface area contributed by atoms with Crippen LogP contribution in [-0.4, -0.2) is 36.2 Å². The number of alkyl halides is 3. The number of rotatable bonds is 11. The van der Waals surface area contributed by atoms with Crippen molar-refractivity contribution in [3.8, 4) is 0 Å². The molecule has 4 aromatic carbocycles. The lowest BCUT2D eigenvalue weighted by molar-refractivity contribution is -0.137. The van der Waals surface area contributed by atoms with Gasteiger partial charge in [0.25, 0.3) is 0 Å². The first kappa shape index (κ1) is 29.9. The summed E-state index contributed by atoms with van der Waals surface area (Å²) in [5.74, 6) is -2.49. The van der Waals surface area contributed by atoms with E-state index in [-0.39, 0.29) is 33.9 Å². The minimum absolute atomic E-state index is 0.0689. The lowest BCUT2D eigenvalue weighted by atomic mass is 10.1. The Labute approximate surface area is 240 Å². The molecule has 5 N–H and O–H groups in total. The van der Waals surface area contributed by atoms with Crippen LogP contribution in [0.25, 0.3) is 0 Å². The summed E-state index contributed by atoms with van der Waals surface area (Å²) in [7, 11) is 3.91. The maximum Gasteiger partial charge on any atom is 0.416 e. The van der Waals surface area contributed by atoms with E-state index in [2.05, 4.69) is 16.0 Å². The van der Waals surface area contributed by atoms with Gasteiger partial charge < -0.3 is 31.1 Å². The zero-order chi connectivity index (χ0) is 30.4. The second-order valence-electron chi connectivity index (χ2n) is 9.71. The van der Waals surface area contributed by atoms with Crippen LogP contribution < -0.4 is 20.9 Å². The Morgan fingerprint density at radius 1 is 0.690 bits per heavy atom. The fraction of sp³-hybridized carbons (Fsp3) is 0.161. The highest BCUT2D eigenvalue weighted by Gasteiger charge is 2.31. The highest BCUT2D eigenvalue weighted by molar-refractivity contribution is 5.98. The van der Waals surface area contributed by atoms with Crippen molar-refractivity contribution in [2.75, 3.05) is 29.6 Å². The van der Waals surface area contributed by atoms with Gasteiger partial charge in [-0.25, -0.2) is 9.59 Å². The summed E-state index contributed by atoms with van der Waals surface area (Å²) in [5.41, 5.74) is 1.87. The number of benzene rings is 4. The largest absolute Gasteiger partial charge is 0.478 e. The Hall–Kier alpha value is -5.03. The molecule has 0 saturated heterocycles. The molecule has 8 nitrogen and oxygen atoms in total. The second-order valence-corrected chi connectivity index (χ2v) is 9.71. The highest BCUT2D eigenvalue weighted by Crippen LogP contribution is 2.37. The Bertz CT molecular complexity index is 1590. The number of para-hydroxylation sites is 1. The molecule has 0 fully saturated rings. The number of nitrogens with one attached hydrogen (secondary N) is 3. The van der Waals surface area contributed by atoms with Crippen molar-refractivity contribution in [2.24, 2.45) is 0 Å². The number of anilines is 5. The van der Waals surface area contributed by atoms with Gasteiger partial charge in [-0.3, -0.25) is 0 Å². The molecule has 0 radical (unpaired) electrons. The average molecular weight is 579 g/mol. The number of hydrogen-bond acceptors (Lipinski definition) is 6. The summed E-state index contributed by atoms with van der Waals surface area (Å²) in [5, 5.41) is 28.3. The zero-order valence-corrected chi connectivity index (χ0v) is 22.8. The van der Waals surface area contributed by atoms with Crippen LogP contribution in [0.4, 0.5) is 41.6 Å². The van der Waals surface area contributed by atoms with Crippen LogP contribution in [0, 0.1) is 0 Å². The molecule has 0 saturated carbocycles. The van der Waals surface area contributed by atoms with Crippen molar-refractivity contribution in [1.29, 1.82) is 0 Å². The van der Waals surface area contributed by atoms with E-state index < -0.39 is 23.7 Å². The molecule has 0 spiro atoms. The first-order valence-corrected chi connectivity index (χ1v) is 12.8. The van der Waals surface area contributed by atoms with Crippen LogP contribution in [0.15, 0.2) is 84.9 Å². The Morgan fingerprint density at radius 3 is 1.90 bits per heavy atom. The van der Waals surface area contributed by atoms with Crippen molar-refractivity contribution in [3.63, 3.8) is 0 Å². The quantitative estimate of drug-likeness (QED) is 0.130. The smallest absolute Gasteiger partial charge is 0.416 e. The molecular weight excluding hydrogens is 549 g/mol. The van der Waals surface area contributed by atoms with Gasteiger partial charge in [-0.2, -0.15) is 13.2 Å². The second kappa shape index (κ2) is 12.6. The van der Waals surface area contributed by atoms with Gasteiger partial charge in [0.2, 0.25) is 0 Å². The molecule has 0 aliphatic carbocycles. The maximum absolute atomic E-state index is 13.6.